The molecule has 0 saturated carbocycles. The standard InChI is InChI=1S/C21H21Cl2N3O2S/c1-13-6-8-26(9-7-13)20(28)14-2-4-18(5-3-14)24-21(29)25-19(27)15-10-16(22)12-17(23)11-15/h2-5,10-13H,6-9H2,1H3,(H2,24,25,27,29). The summed E-state index contributed by atoms with van der Waals surface area (Å²) in [6, 6.07) is 11.6. The third-order valence-electron chi connectivity index (χ3n) is 4.81. The molecule has 1 aliphatic heterocycles. The van der Waals surface area contributed by atoms with Gasteiger partial charge in [0.05, 0.1) is 0 Å². The van der Waals surface area contributed by atoms with Crippen LogP contribution < -0.4 is 10.6 Å². The number of thiocarbonyl (C=S) groups is 1. The largest absolute Gasteiger partial charge is 0.339 e. The van der Waals surface area contributed by atoms with Crippen molar-refractivity contribution in [2.75, 3.05) is 18.4 Å². The van der Waals surface area contributed by atoms with E-state index in [-0.39, 0.29) is 11.0 Å². The van der Waals surface area contributed by atoms with Gasteiger partial charge in [0.25, 0.3) is 11.8 Å². The first-order valence-corrected chi connectivity index (χ1v) is 10.5. The van der Waals surface area contributed by atoms with Crippen LogP contribution in [0.3, 0.4) is 0 Å². The van der Waals surface area contributed by atoms with Crippen LogP contribution in [0.25, 0.3) is 0 Å². The van der Waals surface area contributed by atoms with Crippen LogP contribution >= 0.6 is 35.4 Å². The van der Waals surface area contributed by atoms with Gasteiger partial charge in [-0.1, -0.05) is 30.1 Å². The van der Waals surface area contributed by atoms with Gasteiger partial charge >= 0.3 is 0 Å². The molecule has 0 unspecified atom stereocenters. The molecule has 1 heterocycles. The van der Waals surface area contributed by atoms with Gasteiger partial charge in [-0.2, -0.15) is 0 Å². The second-order valence-electron chi connectivity index (χ2n) is 7.12. The van der Waals surface area contributed by atoms with Crippen LogP contribution in [-0.4, -0.2) is 34.9 Å². The summed E-state index contributed by atoms with van der Waals surface area (Å²) in [5.74, 6) is 0.292. The Morgan fingerprint density at radius 1 is 1.00 bits per heavy atom. The summed E-state index contributed by atoms with van der Waals surface area (Å²) >= 11 is 17.0. The molecule has 1 aliphatic rings. The number of benzene rings is 2. The Labute approximate surface area is 185 Å². The Morgan fingerprint density at radius 3 is 2.17 bits per heavy atom. The maximum Gasteiger partial charge on any atom is 0.257 e. The van der Waals surface area contributed by atoms with E-state index >= 15 is 0 Å². The van der Waals surface area contributed by atoms with Crippen molar-refractivity contribution in [2.24, 2.45) is 5.92 Å². The summed E-state index contributed by atoms with van der Waals surface area (Å²) in [6.45, 7) is 3.80. The number of nitrogens with zero attached hydrogens (tertiary/aromatic N) is 1. The van der Waals surface area contributed by atoms with Gasteiger partial charge in [0.1, 0.15) is 0 Å². The second-order valence-corrected chi connectivity index (χ2v) is 8.40. The molecule has 3 rings (SSSR count). The average Bonchev–Trinajstić information content (AvgIpc) is 2.68. The molecule has 0 aliphatic carbocycles. The molecule has 2 N–H and O–H groups in total. The molecule has 152 valence electrons. The average molecular weight is 450 g/mol. The van der Waals surface area contributed by atoms with Crippen LogP contribution in [0.15, 0.2) is 42.5 Å². The minimum atomic E-state index is -0.418. The minimum Gasteiger partial charge on any atom is -0.339 e. The SMILES string of the molecule is CC1CCN(C(=O)c2ccc(NC(=S)NC(=O)c3cc(Cl)cc(Cl)c3)cc2)CC1. The first-order valence-electron chi connectivity index (χ1n) is 9.29. The lowest BCUT2D eigenvalue weighted by Gasteiger charge is -2.30. The number of amides is 2. The van der Waals surface area contributed by atoms with E-state index in [9.17, 15) is 9.59 Å². The molecular formula is C21H21Cl2N3O2S. The third-order valence-corrected chi connectivity index (χ3v) is 5.45. The zero-order chi connectivity index (χ0) is 21.0. The van der Waals surface area contributed by atoms with Crippen LogP contribution in [-0.2, 0) is 0 Å². The first kappa shape index (κ1) is 21.6. The van der Waals surface area contributed by atoms with E-state index in [0.29, 0.717) is 32.8 Å². The zero-order valence-corrected chi connectivity index (χ0v) is 18.2. The van der Waals surface area contributed by atoms with E-state index in [0.717, 1.165) is 25.9 Å². The van der Waals surface area contributed by atoms with Gasteiger partial charge in [-0.15, -0.1) is 0 Å². The maximum atomic E-state index is 12.6. The molecule has 2 aromatic rings. The van der Waals surface area contributed by atoms with Crippen molar-refractivity contribution in [1.29, 1.82) is 0 Å². The number of rotatable bonds is 3. The molecule has 5 nitrogen and oxygen atoms in total. The summed E-state index contributed by atoms with van der Waals surface area (Å²) in [6.07, 6.45) is 2.08. The summed E-state index contributed by atoms with van der Waals surface area (Å²) in [5, 5.41) is 6.38. The van der Waals surface area contributed by atoms with Gasteiger partial charge in [-0.25, -0.2) is 0 Å². The van der Waals surface area contributed by atoms with Gasteiger partial charge in [0.2, 0.25) is 0 Å². The van der Waals surface area contributed by atoms with Crippen molar-refractivity contribution in [3.63, 3.8) is 0 Å². The van der Waals surface area contributed by atoms with Crippen molar-refractivity contribution in [2.45, 2.75) is 19.8 Å². The number of carbonyl (C=O) groups is 2. The zero-order valence-electron chi connectivity index (χ0n) is 15.9. The minimum absolute atomic E-state index is 0.0390. The van der Waals surface area contributed by atoms with Crippen molar-refractivity contribution in [3.05, 3.63) is 63.6 Å². The molecule has 29 heavy (non-hydrogen) atoms. The molecule has 2 amide bonds. The lowest BCUT2D eigenvalue weighted by Crippen LogP contribution is -2.37. The van der Waals surface area contributed by atoms with E-state index in [1.807, 2.05) is 4.90 Å². The topological polar surface area (TPSA) is 61.4 Å². The summed E-state index contributed by atoms with van der Waals surface area (Å²) in [4.78, 5) is 26.8. The van der Waals surface area contributed by atoms with Gasteiger partial charge < -0.3 is 10.2 Å². The van der Waals surface area contributed by atoms with Gasteiger partial charge in [0, 0.05) is 39.9 Å². The molecular weight excluding hydrogens is 429 g/mol. The highest BCUT2D eigenvalue weighted by Gasteiger charge is 2.21. The van der Waals surface area contributed by atoms with Crippen molar-refractivity contribution < 1.29 is 9.59 Å². The Kier molecular flexibility index (Phi) is 7.11. The molecule has 1 saturated heterocycles. The van der Waals surface area contributed by atoms with Crippen LogP contribution in [0.1, 0.15) is 40.5 Å². The number of nitrogens with one attached hydrogen (secondary N) is 2. The molecule has 0 aromatic heterocycles. The van der Waals surface area contributed by atoms with E-state index < -0.39 is 5.91 Å². The van der Waals surface area contributed by atoms with E-state index in [1.54, 1.807) is 30.3 Å². The van der Waals surface area contributed by atoms with E-state index in [1.165, 1.54) is 12.1 Å². The third kappa shape index (κ3) is 5.92. The smallest absolute Gasteiger partial charge is 0.257 e. The quantitative estimate of drug-likeness (QED) is 0.647. The monoisotopic (exact) mass is 449 g/mol. The number of piperidine rings is 1. The second kappa shape index (κ2) is 9.57. The Balaban J connectivity index is 1.57. The predicted molar refractivity (Wildman–Crippen MR) is 121 cm³/mol. The number of anilines is 1. The normalized spacial score (nSPS) is 14.4. The highest BCUT2D eigenvalue weighted by molar-refractivity contribution is 7.80. The first-order chi connectivity index (χ1) is 13.8. The number of hydrogen-bond donors (Lipinski definition) is 2. The number of hydrogen-bond acceptors (Lipinski definition) is 3. The number of likely N-dealkylation sites (tertiary alicyclic amines) is 1. The highest BCUT2D eigenvalue weighted by atomic mass is 35.5. The Morgan fingerprint density at radius 2 is 1.59 bits per heavy atom. The Bertz CT molecular complexity index is 906. The van der Waals surface area contributed by atoms with Gasteiger partial charge in [0.15, 0.2) is 5.11 Å². The lowest BCUT2D eigenvalue weighted by atomic mass is 9.98. The molecule has 0 atom stereocenters. The Hall–Kier alpha value is -2.15. The molecule has 0 radical (unpaired) electrons. The van der Waals surface area contributed by atoms with Crippen molar-refractivity contribution >= 4 is 58.0 Å². The summed E-state index contributed by atoms with van der Waals surface area (Å²) < 4.78 is 0. The van der Waals surface area contributed by atoms with Crippen molar-refractivity contribution in [3.8, 4) is 0 Å². The fourth-order valence-electron chi connectivity index (χ4n) is 3.11. The van der Waals surface area contributed by atoms with Gasteiger partial charge in [-0.3, -0.25) is 14.9 Å². The number of carbonyl (C=O) groups excluding carboxylic acids is 2. The molecule has 0 spiro atoms. The van der Waals surface area contributed by atoms with Crippen LogP contribution in [0.2, 0.25) is 10.0 Å². The van der Waals surface area contributed by atoms with Crippen LogP contribution in [0.5, 0.6) is 0 Å². The fraction of sp³-hybridized carbons (Fsp3) is 0.286. The molecule has 0 bridgehead atoms. The van der Waals surface area contributed by atoms with Crippen molar-refractivity contribution in [1.82, 2.24) is 10.2 Å². The predicted octanol–water partition coefficient (Wildman–Crippen LogP) is 4.99. The molecule has 1 fully saturated rings. The van der Waals surface area contributed by atoms with Crippen LogP contribution in [0, 0.1) is 5.92 Å². The summed E-state index contributed by atoms with van der Waals surface area (Å²) in [5.41, 5.74) is 1.61. The number of halogens is 2. The molecule has 8 heteroatoms. The lowest BCUT2D eigenvalue weighted by molar-refractivity contribution is 0.0697. The highest BCUT2D eigenvalue weighted by Crippen LogP contribution is 2.20. The van der Waals surface area contributed by atoms with Gasteiger partial charge in [-0.05, 0) is 73.4 Å². The fourth-order valence-corrected chi connectivity index (χ4v) is 3.85. The summed E-state index contributed by atoms with van der Waals surface area (Å²) in [7, 11) is 0. The molecule has 2 aromatic carbocycles. The van der Waals surface area contributed by atoms with E-state index in [4.69, 9.17) is 35.4 Å². The van der Waals surface area contributed by atoms with Crippen LogP contribution in [0.4, 0.5) is 5.69 Å². The maximum absolute atomic E-state index is 12.6. The van der Waals surface area contributed by atoms with E-state index in [2.05, 4.69) is 17.6 Å².